The first kappa shape index (κ1) is 13.8. The molecule has 2 unspecified atom stereocenters. The molecule has 0 aliphatic carbocycles. The molecule has 0 aromatic carbocycles. The predicted octanol–water partition coefficient (Wildman–Crippen LogP) is 1.93. The minimum absolute atomic E-state index is 0.0397. The van der Waals surface area contributed by atoms with E-state index in [-0.39, 0.29) is 18.9 Å². The first-order valence-electron chi connectivity index (χ1n) is 4.78. The Morgan fingerprint density at radius 1 is 1.50 bits per heavy atom. The summed E-state index contributed by atoms with van der Waals surface area (Å²) >= 11 is 0. The molecule has 0 aromatic heterocycles. The monoisotopic (exact) mass is 222 g/mol. The molecule has 0 saturated heterocycles. The van der Waals surface area contributed by atoms with Crippen LogP contribution in [0.1, 0.15) is 26.7 Å². The van der Waals surface area contributed by atoms with E-state index in [2.05, 4.69) is 0 Å². The van der Waals surface area contributed by atoms with E-state index in [4.69, 9.17) is 9.63 Å². The predicted molar refractivity (Wildman–Crippen MR) is 56.4 cm³/mol. The van der Waals surface area contributed by atoms with Gasteiger partial charge >= 0.3 is 7.60 Å². The summed E-state index contributed by atoms with van der Waals surface area (Å²) in [4.78, 5) is 9.35. The van der Waals surface area contributed by atoms with Crippen LogP contribution >= 0.6 is 7.60 Å². The molecule has 0 spiro atoms. The van der Waals surface area contributed by atoms with Crippen LogP contribution in [0.15, 0.2) is 12.2 Å². The summed E-state index contributed by atoms with van der Waals surface area (Å²) in [5.41, 5.74) is 0. The molecule has 0 aliphatic heterocycles. The van der Waals surface area contributed by atoms with Gasteiger partial charge in [0.2, 0.25) is 0 Å². The molecule has 0 amide bonds. The Morgan fingerprint density at radius 2 is 2.14 bits per heavy atom. The topological polar surface area (TPSA) is 66.8 Å². The van der Waals surface area contributed by atoms with Crippen LogP contribution in [-0.2, 0) is 9.09 Å². The molecule has 2 N–H and O–H groups in total. The highest BCUT2D eigenvalue weighted by Crippen LogP contribution is 2.44. The molecule has 0 aliphatic rings. The van der Waals surface area contributed by atoms with E-state index < -0.39 is 7.60 Å². The highest BCUT2D eigenvalue weighted by atomic mass is 31.2. The zero-order valence-corrected chi connectivity index (χ0v) is 9.61. The standard InChI is InChI=1S/C9H19O4P/c1-3-9(2)13-14(11,12)8-6-4-5-7-10/h4-5,9-10H,3,6-8H2,1-2H3,(H,11,12). The van der Waals surface area contributed by atoms with Crippen LogP contribution in [0.4, 0.5) is 0 Å². The summed E-state index contributed by atoms with van der Waals surface area (Å²) in [5.74, 6) is 0. The van der Waals surface area contributed by atoms with Crippen LogP contribution in [-0.4, -0.2) is 28.9 Å². The SMILES string of the molecule is CCC(C)OP(=O)(O)CCC=CCO. The fourth-order valence-corrected chi connectivity index (χ4v) is 2.13. The lowest BCUT2D eigenvalue weighted by Gasteiger charge is -2.15. The van der Waals surface area contributed by atoms with Gasteiger partial charge in [0.25, 0.3) is 0 Å². The van der Waals surface area contributed by atoms with Gasteiger partial charge in [0.05, 0.1) is 18.9 Å². The molecule has 0 heterocycles. The second-order valence-electron chi connectivity index (χ2n) is 3.13. The van der Waals surface area contributed by atoms with Crippen LogP contribution in [0.25, 0.3) is 0 Å². The third kappa shape index (κ3) is 7.27. The summed E-state index contributed by atoms with van der Waals surface area (Å²) < 4.78 is 16.4. The van der Waals surface area contributed by atoms with Crippen LogP contribution < -0.4 is 0 Å². The van der Waals surface area contributed by atoms with E-state index in [1.54, 1.807) is 19.1 Å². The molecule has 4 nitrogen and oxygen atoms in total. The Kier molecular flexibility index (Phi) is 7.11. The Bertz CT molecular complexity index is 215. The van der Waals surface area contributed by atoms with Gasteiger partial charge in [-0.05, 0) is 19.8 Å². The smallest absolute Gasteiger partial charge is 0.328 e. The van der Waals surface area contributed by atoms with Crippen molar-refractivity contribution in [3.63, 3.8) is 0 Å². The Hall–Kier alpha value is -0.150. The lowest BCUT2D eigenvalue weighted by molar-refractivity contribution is 0.186. The van der Waals surface area contributed by atoms with Gasteiger partial charge < -0.3 is 14.5 Å². The third-order valence-corrected chi connectivity index (χ3v) is 3.28. The molecule has 5 heteroatoms. The molecule has 0 saturated carbocycles. The van der Waals surface area contributed by atoms with Gasteiger partial charge in [-0.3, -0.25) is 4.57 Å². The van der Waals surface area contributed by atoms with E-state index in [0.29, 0.717) is 6.42 Å². The summed E-state index contributed by atoms with van der Waals surface area (Å²) in [6.45, 7) is 3.63. The van der Waals surface area contributed by atoms with Gasteiger partial charge in [-0.1, -0.05) is 19.1 Å². The van der Waals surface area contributed by atoms with Crippen molar-refractivity contribution in [2.45, 2.75) is 32.8 Å². The zero-order valence-electron chi connectivity index (χ0n) is 8.72. The second kappa shape index (κ2) is 7.18. The van der Waals surface area contributed by atoms with Crippen LogP contribution in [0.3, 0.4) is 0 Å². The van der Waals surface area contributed by atoms with Gasteiger partial charge in [0.1, 0.15) is 0 Å². The average molecular weight is 222 g/mol. The van der Waals surface area contributed by atoms with Crippen molar-refractivity contribution in [2.24, 2.45) is 0 Å². The second-order valence-corrected chi connectivity index (χ2v) is 5.06. The van der Waals surface area contributed by atoms with Crippen LogP contribution in [0.2, 0.25) is 0 Å². The Morgan fingerprint density at radius 3 is 2.64 bits per heavy atom. The zero-order chi connectivity index (χ0) is 11.0. The van der Waals surface area contributed by atoms with Crippen molar-refractivity contribution in [3.05, 3.63) is 12.2 Å². The lowest BCUT2D eigenvalue weighted by atomic mass is 10.3. The molecule has 0 fully saturated rings. The maximum atomic E-state index is 11.4. The molecule has 0 rings (SSSR count). The maximum Gasteiger partial charge on any atom is 0.328 e. The third-order valence-electron chi connectivity index (χ3n) is 1.77. The number of rotatable bonds is 7. The van der Waals surface area contributed by atoms with E-state index in [9.17, 15) is 9.46 Å². The lowest BCUT2D eigenvalue weighted by Crippen LogP contribution is -2.05. The number of aliphatic hydroxyl groups is 1. The van der Waals surface area contributed by atoms with Crippen molar-refractivity contribution >= 4 is 7.60 Å². The van der Waals surface area contributed by atoms with E-state index in [0.717, 1.165) is 6.42 Å². The van der Waals surface area contributed by atoms with Gasteiger partial charge in [-0.2, -0.15) is 0 Å². The van der Waals surface area contributed by atoms with Crippen molar-refractivity contribution in [3.8, 4) is 0 Å². The summed E-state index contributed by atoms with van der Waals surface area (Å²) in [7, 11) is -3.44. The first-order chi connectivity index (χ1) is 6.52. The van der Waals surface area contributed by atoms with Crippen molar-refractivity contribution in [2.75, 3.05) is 12.8 Å². The summed E-state index contributed by atoms with van der Waals surface area (Å²) in [6.07, 6.45) is 4.30. The largest absolute Gasteiger partial charge is 0.392 e. The quantitative estimate of drug-likeness (QED) is 0.510. The maximum absolute atomic E-state index is 11.4. The first-order valence-corrected chi connectivity index (χ1v) is 6.54. The Balaban J connectivity index is 3.83. The number of hydrogen-bond donors (Lipinski definition) is 2. The number of allylic oxidation sites excluding steroid dienone is 1. The molecule has 84 valence electrons. The normalized spacial score (nSPS) is 18.3. The van der Waals surface area contributed by atoms with E-state index >= 15 is 0 Å². The molecular formula is C9H19O4P. The average Bonchev–Trinajstić information content (AvgIpc) is 2.12. The van der Waals surface area contributed by atoms with Crippen molar-refractivity contribution in [1.82, 2.24) is 0 Å². The van der Waals surface area contributed by atoms with Crippen molar-refractivity contribution < 1.29 is 19.1 Å². The molecule has 0 bridgehead atoms. The van der Waals surface area contributed by atoms with Crippen LogP contribution in [0, 0.1) is 0 Å². The van der Waals surface area contributed by atoms with Gasteiger partial charge in [0.15, 0.2) is 0 Å². The minimum atomic E-state index is -3.44. The fourth-order valence-electron chi connectivity index (χ4n) is 0.838. The number of hydrogen-bond acceptors (Lipinski definition) is 3. The Labute approximate surface area is 85.1 Å². The molecule has 0 aromatic rings. The van der Waals surface area contributed by atoms with Gasteiger partial charge in [-0.15, -0.1) is 0 Å². The van der Waals surface area contributed by atoms with Gasteiger partial charge in [-0.25, -0.2) is 0 Å². The minimum Gasteiger partial charge on any atom is -0.392 e. The molecular weight excluding hydrogens is 203 g/mol. The molecule has 14 heavy (non-hydrogen) atoms. The van der Waals surface area contributed by atoms with E-state index in [1.807, 2.05) is 6.92 Å². The summed E-state index contributed by atoms with van der Waals surface area (Å²) in [6, 6.07) is 0. The summed E-state index contributed by atoms with van der Waals surface area (Å²) in [5, 5.41) is 8.43. The van der Waals surface area contributed by atoms with Gasteiger partial charge in [0, 0.05) is 0 Å². The van der Waals surface area contributed by atoms with Crippen molar-refractivity contribution in [1.29, 1.82) is 0 Å². The highest BCUT2D eigenvalue weighted by Gasteiger charge is 2.20. The molecule has 0 radical (unpaired) electrons. The number of aliphatic hydroxyl groups excluding tert-OH is 1. The molecule has 2 atom stereocenters. The highest BCUT2D eigenvalue weighted by molar-refractivity contribution is 7.52. The van der Waals surface area contributed by atoms with Crippen LogP contribution in [0.5, 0.6) is 0 Å². The van der Waals surface area contributed by atoms with E-state index in [1.165, 1.54) is 0 Å². The fraction of sp³-hybridized carbons (Fsp3) is 0.778.